The quantitative estimate of drug-likeness (QED) is 0.739. The fourth-order valence-corrected chi connectivity index (χ4v) is 2.89. The van der Waals surface area contributed by atoms with Crippen molar-refractivity contribution in [2.75, 3.05) is 6.54 Å². The Morgan fingerprint density at radius 2 is 2.06 bits per heavy atom. The van der Waals surface area contributed by atoms with Gasteiger partial charge < -0.3 is 5.32 Å². The average Bonchev–Trinajstić information content (AvgIpc) is 2.38. The van der Waals surface area contributed by atoms with Crippen molar-refractivity contribution in [3.05, 3.63) is 12.2 Å². The van der Waals surface area contributed by atoms with Gasteiger partial charge in [-0.05, 0) is 44.6 Å². The molecule has 0 aromatic rings. The lowest BCUT2D eigenvalue weighted by Crippen LogP contribution is -2.40. The predicted octanol–water partition coefficient (Wildman–Crippen LogP) is 3.01. The minimum absolute atomic E-state index is 0.257. The molecule has 0 bridgehead atoms. The van der Waals surface area contributed by atoms with Gasteiger partial charge in [-0.25, -0.2) is 0 Å². The molecular formula is C14H22N2. The van der Waals surface area contributed by atoms with Gasteiger partial charge in [0.25, 0.3) is 0 Å². The first-order chi connectivity index (χ1) is 7.90. The first kappa shape index (κ1) is 11.7. The molecule has 0 spiro atoms. The third kappa shape index (κ3) is 3.09. The molecule has 0 aromatic heterocycles. The number of nitrogens with one attached hydrogen (secondary N) is 1. The summed E-state index contributed by atoms with van der Waals surface area (Å²) in [6.45, 7) is 1.10. The fraction of sp³-hybridized carbons (Fsp3) is 0.786. The van der Waals surface area contributed by atoms with Crippen molar-refractivity contribution in [3.63, 3.8) is 0 Å². The van der Waals surface area contributed by atoms with E-state index in [1.165, 1.54) is 38.5 Å². The molecule has 1 fully saturated rings. The Hall–Kier alpha value is -0.810. The van der Waals surface area contributed by atoms with Gasteiger partial charge in [0.15, 0.2) is 0 Å². The van der Waals surface area contributed by atoms with Crippen LogP contribution in [0.5, 0.6) is 0 Å². The highest BCUT2D eigenvalue weighted by Crippen LogP contribution is 2.24. The van der Waals surface area contributed by atoms with Gasteiger partial charge in [0.2, 0.25) is 0 Å². The van der Waals surface area contributed by atoms with Crippen LogP contribution in [0.2, 0.25) is 0 Å². The zero-order valence-electron chi connectivity index (χ0n) is 9.99. The van der Waals surface area contributed by atoms with E-state index in [4.69, 9.17) is 5.26 Å². The summed E-state index contributed by atoms with van der Waals surface area (Å²) < 4.78 is 0. The highest BCUT2D eigenvalue weighted by molar-refractivity contribution is 4.96. The number of nitriles is 1. The maximum Gasteiger partial charge on any atom is 0.0672 e. The summed E-state index contributed by atoms with van der Waals surface area (Å²) in [7, 11) is 0. The van der Waals surface area contributed by atoms with E-state index >= 15 is 0 Å². The van der Waals surface area contributed by atoms with Crippen molar-refractivity contribution in [3.8, 4) is 6.07 Å². The van der Waals surface area contributed by atoms with Crippen LogP contribution in [0, 0.1) is 23.2 Å². The molecule has 2 aliphatic carbocycles. The number of hydrogen-bond donors (Lipinski definition) is 1. The smallest absolute Gasteiger partial charge is 0.0672 e. The topological polar surface area (TPSA) is 35.8 Å². The Labute approximate surface area is 98.7 Å². The van der Waals surface area contributed by atoms with Crippen LogP contribution in [0.25, 0.3) is 0 Å². The second-order valence-electron chi connectivity index (χ2n) is 5.19. The minimum Gasteiger partial charge on any atom is -0.312 e. The molecule has 3 atom stereocenters. The first-order valence-corrected chi connectivity index (χ1v) is 6.68. The van der Waals surface area contributed by atoms with Gasteiger partial charge in [-0.3, -0.25) is 0 Å². The lowest BCUT2D eigenvalue weighted by atomic mass is 9.85. The number of nitrogens with zero attached hydrogens (tertiary/aromatic N) is 1. The van der Waals surface area contributed by atoms with Crippen molar-refractivity contribution in [1.29, 1.82) is 5.26 Å². The molecule has 16 heavy (non-hydrogen) atoms. The summed E-state index contributed by atoms with van der Waals surface area (Å²) in [5.41, 5.74) is 0. The van der Waals surface area contributed by atoms with Gasteiger partial charge in [-0.1, -0.05) is 25.0 Å². The van der Waals surface area contributed by atoms with Gasteiger partial charge in [-0.2, -0.15) is 5.26 Å². The maximum absolute atomic E-state index is 9.10. The van der Waals surface area contributed by atoms with Gasteiger partial charge in [0.05, 0.1) is 12.0 Å². The van der Waals surface area contributed by atoms with E-state index in [0.29, 0.717) is 6.04 Å². The summed E-state index contributed by atoms with van der Waals surface area (Å²) in [5, 5.41) is 12.7. The van der Waals surface area contributed by atoms with Crippen molar-refractivity contribution in [2.24, 2.45) is 11.8 Å². The van der Waals surface area contributed by atoms with E-state index < -0.39 is 0 Å². The summed E-state index contributed by atoms with van der Waals surface area (Å²) in [5.74, 6) is 1.05. The molecule has 0 amide bonds. The molecule has 2 nitrogen and oxygen atoms in total. The van der Waals surface area contributed by atoms with Gasteiger partial charge in [-0.15, -0.1) is 0 Å². The number of allylic oxidation sites excluding steroid dienone is 2. The summed E-state index contributed by atoms with van der Waals surface area (Å²) >= 11 is 0. The molecular weight excluding hydrogens is 196 g/mol. The summed E-state index contributed by atoms with van der Waals surface area (Å²) in [6.07, 6.45) is 13.2. The average molecular weight is 218 g/mol. The third-order valence-electron chi connectivity index (χ3n) is 3.98. The minimum atomic E-state index is 0.257. The highest BCUT2D eigenvalue weighted by Gasteiger charge is 2.25. The van der Waals surface area contributed by atoms with Crippen LogP contribution < -0.4 is 5.32 Å². The largest absolute Gasteiger partial charge is 0.312 e. The van der Waals surface area contributed by atoms with E-state index in [2.05, 4.69) is 23.5 Å². The van der Waals surface area contributed by atoms with Gasteiger partial charge in [0, 0.05) is 6.04 Å². The van der Waals surface area contributed by atoms with Gasteiger partial charge >= 0.3 is 0 Å². The zero-order valence-corrected chi connectivity index (χ0v) is 9.99. The van der Waals surface area contributed by atoms with E-state index in [9.17, 15) is 0 Å². The lowest BCUT2D eigenvalue weighted by molar-refractivity contribution is 0.291. The van der Waals surface area contributed by atoms with Crippen LogP contribution in [0.1, 0.15) is 44.9 Å². The third-order valence-corrected chi connectivity index (χ3v) is 3.98. The molecule has 88 valence electrons. The molecule has 0 aliphatic heterocycles. The molecule has 2 heteroatoms. The highest BCUT2D eigenvalue weighted by atomic mass is 14.9. The Morgan fingerprint density at radius 3 is 2.81 bits per heavy atom. The van der Waals surface area contributed by atoms with Crippen molar-refractivity contribution in [2.45, 2.75) is 51.0 Å². The van der Waals surface area contributed by atoms with Crippen molar-refractivity contribution >= 4 is 0 Å². The van der Waals surface area contributed by atoms with E-state index in [-0.39, 0.29) is 5.92 Å². The van der Waals surface area contributed by atoms with Crippen molar-refractivity contribution in [1.82, 2.24) is 5.32 Å². The van der Waals surface area contributed by atoms with E-state index in [0.717, 1.165) is 18.9 Å². The van der Waals surface area contributed by atoms with Crippen LogP contribution in [-0.4, -0.2) is 12.6 Å². The van der Waals surface area contributed by atoms with Gasteiger partial charge in [0.1, 0.15) is 0 Å². The van der Waals surface area contributed by atoms with Crippen LogP contribution in [0.3, 0.4) is 0 Å². The number of hydrogen-bond acceptors (Lipinski definition) is 2. The molecule has 1 saturated carbocycles. The second-order valence-corrected chi connectivity index (χ2v) is 5.19. The predicted molar refractivity (Wildman–Crippen MR) is 65.8 cm³/mol. The molecule has 0 radical (unpaired) electrons. The van der Waals surface area contributed by atoms with Crippen LogP contribution >= 0.6 is 0 Å². The van der Waals surface area contributed by atoms with Crippen molar-refractivity contribution < 1.29 is 0 Å². The second kappa shape index (κ2) is 6.06. The van der Waals surface area contributed by atoms with E-state index in [1.54, 1.807) is 0 Å². The standard InChI is InChI=1S/C14H22N2/c15-10-13-8-4-5-9-14(13)16-11-12-6-2-1-3-7-12/h1-2,12-14,16H,3-9,11H2. The van der Waals surface area contributed by atoms with Crippen LogP contribution in [-0.2, 0) is 0 Å². The normalized spacial score (nSPS) is 34.6. The molecule has 0 heterocycles. The molecule has 2 aliphatic rings. The fourth-order valence-electron chi connectivity index (χ4n) is 2.89. The summed E-state index contributed by atoms with van der Waals surface area (Å²) in [6, 6.07) is 2.93. The first-order valence-electron chi connectivity index (χ1n) is 6.68. The monoisotopic (exact) mass is 218 g/mol. The Bertz CT molecular complexity index is 277. The Balaban J connectivity index is 1.75. The SMILES string of the molecule is N#CC1CCCCC1NCC1CC=CCC1. The number of rotatable bonds is 3. The van der Waals surface area contributed by atoms with Crippen LogP contribution in [0.4, 0.5) is 0 Å². The Kier molecular flexibility index (Phi) is 4.42. The molecule has 2 rings (SSSR count). The van der Waals surface area contributed by atoms with E-state index in [1.807, 2.05) is 0 Å². The van der Waals surface area contributed by atoms with Crippen LogP contribution in [0.15, 0.2) is 12.2 Å². The Morgan fingerprint density at radius 1 is 1.19 bits per heavy atom. The molecule has 3 unspecified atom stereocenters. The molecule has 1 N–H and O–H groups in total. The lowest BCUT2D eigenvalue weighted by Gasteiger charge is -2.29. The summed E-state index contributed by atoms with van der Waals surface area (Å²) in [4.78, 5) is 0. The maximum atomic E-state index is 9.10. The molecule has 0 aromatic carbocycles. The zero-order chi connectivity index (χ0) is 11.2. The molecule has 0 saturated heterocycles.